The standard InChI is InChI=1S/C17H23FN2O5S/c1-12(2)20(11-16(21)22)17(23)13-4-3-9-19(10-13)26(24,25)15-7-5-14(18)6-8-15/h5-8,12-13H,3-4,9-11H2,1-2H3,(H,21,22). The fourth-order valence-electron chi connectivity index (χ4n) is 3.01. The van der Waals surface area contributed by atoms with Gasteiger partial charge in [-0.1, -0.05) is 0 Å². The maximum absolute atomic E-state index is 13.0. The Bertz CT molecular complexity index is 764. The van der Waals surface area contributed by atoms with Crippen molar-refractivity contribution in [2.24, 2.45) is 5.92 Å². The molecule has 1 aromatic rings. The van der Waals surface area contributed by atoms with Gasteiger partial charge in [0.2, 0.25) is 15.9 Å². The Labute approximate surface area is 152 Å². The monoisotopic (exact) mass is 386 g/mol. The third-order valence-corrected chi connectivity index (χ3v) is 6.28. The molecule has 0 spiro atoms. The Morgan fingerprint density at radius 3 is 2.46 bits per heavy atom. The number of hydrogen-bond donors (Lipinski definition) is 1. The van der Waals surface area contributed by atoms with Crippen LogP contribution in [0.15, 0.2) is 29.2 Å². The summed E-state index contributed by atoms with van der Waals surface area (Å²) in [7, 11) is -3.83. The van der Waals surface area contributed by atoms with Crippen LogP contribution in [0.1, 0.15) is 26.7 Å². The molecule has 9 heteroatoms. The van der Waals surface area contributed by atoms with Gasteiger partial charge in [0.25, 0.3) is 0 Å². The second-order valence-corrected chi connectivity index (χ2v) is 8.55. The number of carbonyl (C=O) groups excluding carboxylic acids is 1. The summed E-state index contributed by atoms with van der Waals surface area (Å²) in [6, 6.07) is 4.24. The molecule has 1 fully saturated rings. The summed E-state index contributed by atoms with van der Waals surface area (Å²) in [5, 5.41) is 9.00. The van der Waals surface area contributed by atoms with Crippen LogP contribution < -0.4 is 0 Å². The summed E-state index contributed by atoms with van der Waals surface area (Å²) in [6.45, 7) is 3.27. The number of sulfonamides is 1. The fraction of sp³-hybridized carbons (Fsp3) is 0.529. The van der Waals surface area contributed by atoms with Crippen molar-refractivity contribution in [1.82, 2.24) is 9.21 Å². The Morgan fingerprint density at radius 1 is 1.31 bits per heavy atom. The molecule has 1 amide bonds. The summed E-state index contributed by atoms with van der Waals surface area (Å²) in [6.07, 6.45) is 0.993. The van der Waals surface area contributed by atoms with Gasteiger partial charge >= 0.3 is 5.97 Å². The molecule has 0 aromatic heterocycles. The molecule has 0 saturated carbocycles. The summed E-state index contributed by atoms with van der Waals surface area (Å²) in [5.74, 6) is -2.60. The minimum atomic E-state index is -3.83. The molecule has 0 bridgehead atoms. The van der Waals surface area contributed by atoms with Gasteiger partial charge in [-0.15, -0.1) is 0 Å². The molecule has 1 aliphatic heterocycles. The lowest BCUT2D eigenvalue weighted by Gasteiger charge is -2.35. The Kier molecular flexibility index (Phi) is 6.35. The molecule has 0 radical (unpaired) electrons. The van der Waals surface area contributed by atoms with Crippen molar-refractivity contribution in [2.45, 2.75) is 37.6 Å². The lowest BCUT2D eigenvalue weighted by molar-refractivity contribution is -0.148. The van der Waals surface area contributed by atoms with Gasteiger partial charge in [0.05, 0.1) is 10.8 Å². The molecule has 1 saturated heterocycles. The van der Waals surface area contributed by atoms with Gasteiger partial charge in [-0.2, -0.15) is 4.31 Å². The Hall–Kier alpha value is -2.00. The van der Waals surface area contributed by atoms with Crippen LogP contribution in [-0.4, -0.2) is 60.3 Å². The number of rotatable bonds is 6. The molecule has 26 heavy (non-hydrogen) atoms. The third-order valence-electron chi connectivity index (χ3n) is 4.40. The second-order valence-electron chi connectivity index (χ2n) is 6.61. The smallest absolute Gasteiger partial charge is 0.323 e. The van der Waals surface area contributed by atoms with Crippen molar-refractivity contribution in [2.75, 3.05) is 19.6 Å². The highest BCUT2D eigenvalue weighted by molar-refractivity contribution is 7.89. The average Bonchev–Trinajstić information content (AvgIpc) is 2.59. The molecule has 0 aliphatic carbocycles. The maximum Gasteiger partial charge on any atom is 0.323 e. The lowest BCUT2D eigenvalue weighted by Crippen LogP contribution is -2.49. The van der Waals surface area contributed by atoms with Gasteiger partial charge in [0.15, 0.2) is 0 Å². The van der Waals surface area contributed by atoms with Gasteiger partial charge < -0.3 is 10.0 Å². The lowest BCUT2D eigenvalue weighted by atomic mass is 9.97. The van der Waals surface area contributed by atoms with E-state index >= 15 is 0 Å². The van der Waals surface area contributed by atoms with Crippen LogP contribution in [0.5, 0.6) is 0 Å². The quantitative estimate of drug-likeness (QED) is 0.800. The zero-order chi connectivity index (χ0) is 19.5. The minimum absolute atomic E-state index is 0.0125. The zero-order valence-corrected chi connectivity index (χ0v) is 15.6. The summed E-state index contributed by atoms with van der Waals surface area (Å²) in [4.78, 5) is 24.9. The molecule has 2 rings (SSSR count). The molecule has 1 unspecified atom stereocenters. The first-order valence-electron chi connectivity index (χ1n) is 8.41. The molecule has 1 aliphatic rings. The summed E-state index contributed by atoms with van der Waals surface area (Å²) >= 11 is 0. The number of carbonyl (C=O) groups is 2. The SMILES string of the molecule is CC(C)N(CC(=O)O)C(=O)C1CCCN(S(=O)(=O)c2ccc(F)cc2)C1. The first kappa shape index (κ1) is 20.3. The van der Waals surface area contributed by atoms with Crippen LogP contribution in [0.2, 0.25) is 0 Å². The van der Waals surface area contributed by atoms with Crippen molar-refractivity contribution < 1.29 is 27.5 Å². The van der Waals surface area contributed by atoms with E-state index in [4.69, 9.17) is 5.11 Å². The van der Waals surface area contributed by atoms with E-state index in [1.165, 1.54) is 21.3 Å². The highest BCUT2D eigenvalue weighted by Crippen LogP contribution is 2.25. The number of aliphatic carboxylic acids is 1. The molecular formula is C17H23FN2O5S. The predicted molar refractivity (Wildman–Crippen MR) is 92.4 cm³/mol. The van der Waals surface area contributed by atoms with E-state index in [9.17, 15) is 22.4 Å². The van der Waals surface area contributed by atoms with E-state index in [1.807, 2.05) is 0 Å². The predicted octanol–water partition coefficient (Wildman–Crippen LogP) is 1.55. The van der Waals surface area contributed by atoms with E-state index in [0.29, 0.717) is 12.8 Å². The number of halogens is 1. The van der Waals surface area contributed by atoms with Crippen molar-refractivity contribution in [1.29, 1.82) is 0 Å². The molecule has 144 valence electrons. The first-order valence-corrected chi connectivity index (χ1v) is 9.85. The largest absolute Gasteiger partial charge is 0.480 e. The van der Waals surface area contributed by atoms with Gasteiger partial charge in [-0.05, 0) is 51.0 Å². The van der Waals surface area contributed by atoms with Crippen molar-refractivity contribution >= 4 is 21.9 Å². The van der Waals surface area contributed by atoms with Crippen molar-refractivity contribution in [3.05, 3.63) is 30.1 Å². The number of piperidine rings is 1. The first-order chi connectivity index (χ1) is 12.1. The van der Waals surface area contributed by atoms with Crippen LogP contribution in [-0.2, 0) is 19.6 Å². The number of carboxylic acids is 1. The van der Waals surface area contributed by atoms with Crippen molar-refractivity contribution in [3.8, 4) is 0 Å². The topological polar surface area (TPSA) is 95.0 Å². The number of amides is 1. The van der Waals surface area contributed by atoms with Crippen LogP contribution in [0.25, 0.3) is 0 Å². The highest BCUT2D eigenvalue weighted by atomic mass is 32.2. The van der Waals surface area contributed by atoms with Crippen molar-refractivity contribution in [3.63, 3.8) is 0 Å². The summed E-state index contributed by atoms with van der Waals surface area (Å²) in [5.41, 5.74) is 0. The van der Waals surface area contributed by atoms with Gasteiger partial charge in [0.1, 0.15) is 12.4 Å². The highest BCUT2D eigenvalue weighted by Gasteiger charge is 2.36. The van der Waals surface area contributed by atoms with Gasteiger partial charge in [0, 0.05) is 19.1 Å². The molecule has 7 nitrogen and oxygen atoms in total. The van der Waals surface area contributed by atoms with Crippen LogP contribution in [0, 0.1) is 11.7 Å². The van der Waals surface area contributed by atoms with E-state index in [1.54, 1.807) is 13.8 Å². The molecular weight excluding hydrogens is 363 g/mol. The maximum atomic E-state index is 13.0. The van der Waals surface area contributed by atoms with Gasteiger partial charge in [-0.25, -0.2) is 12.8 Å². The van der Waals surface area contributed by atoms with Gasteiger partial charge in [-0.3, -0.25) is 9.59 Å². The Balaban J connectivity index is 2.18. The van der Waals surface area contributed by atoms with Crippen LogP contribution in [0.4, 0.5) is 4.39 Å². The molecule has 1 aromatic carbocycles. The van der Waals surface area contributed by atoms with E-state index in [-0.39, 0.29) is 29.9 Å². The van der Waals surface area contributed by atoms with Crippen LogP contribution >= 0.6 is 0 Å². The number of carboxylic acid groups (broad SMARTS) is 1. The molecule has 1 N–H and O–H groups in total. The normalized spacial score (nSPS) is 18.7. The third kappa shape index (κ3) is 4.59. The second kappa shape index (κ2) is 8.13. The molecule has 1 atom stereocenters. The summed E-state index contributed by atoms with van der Waals surface area (Å²) < 4.78 is 39.7. The Morgan fingerprint density at radius 2 is 1.92 bits per heavy atom. The van der Waals surface area contributed by atoms with E-state index < -0.39 is 34.3 Å². The van der Waals surface area contributed by atoms with E-state index in [0.717, 1.165) is 12.1 Å². The average molecular weight is 386 g/mol. The molecule has 1 heterocycles. The number of nitrogens with zero attached hydrogens (tertiary/aromatic N) is 2. The van der Waals surface area contributed by atoms with Crippen LogP contribution in [0.3, 0.4) is 0 Å². The zero-order valence-electron chi connectivity index (χ0n) is 14.8. The minimum Gasteiger partial charge on any atom is -0.480 e. The fourth-order valence-corrected chi connectivity index (χ4v) is 4.54. The number of benzene rings is 1. The van der Waals surface area contributed by atoms with E-state index in [2.05, 4.69) is 0 Å². The number of hydrogen-bond acceptors (Lipinski definition) is 4.